The van der Waals surface area contributed by atoms with Gasteiger partial charge in [0, 0.05) is 0 Å². The SMILES string of the molecule is CC1=CC=C(C(C)C)[C@H](O)[C@@H]1O. The molecule has 0 aromatic heterocycles. The lowest BCUT2D eigenvalue weighted by Gasteiger charge is -2.26. The molecule has 0 radical (unpaired) electrons. The van der Waals surface area contributed by atoms with Gasteiger partial charge >= 0.3 is 0 Å². The maximum absolute atomic E-state index is 9.62. The molecule has 0 aromatic rings. The van der Waals surface area contributed by atoms with Crippen molar-refractivity contribution < 1.29 is 10.2 Å². The fraction of sp³-hybridized carbons (Fsp3) is 0.600. The Balaban J connectivity index is 2.90. The van der Waals surface area contributed by atoms with E-state index >= 15 is 0 Å². The first kappa shape index (κ1) is 9.49. The van der Waals surface area contributed by atoms with Crippen molar-refractivity contribution in [3.63, 3.8) is 0 Å². The maximum atomic E-state index is 9.62. The lowest BCUT2D eigenvalue weighted by molar-refractivity contribution is 0.0584. The molecule has 0 heterocycles. The molecule has 2 heteroatoms. The van der Waals surface area contributed by atoms with Crippen LogP contribution in [0.3, 0.4) is 0 Å². The Morgan fingerprint density at radius 1 is 1.17 bits per heavy atom. The summed E-state index contributed by atoms with van der Waals surface area (Å²) in [6.45, 7) is 5.84. The molecule has 2 nitrogen and oxygen atoms in total. The summed E-state index contributed by atoms with van der Waals surface area (Å²) in [4.78, 5) is 0. The second-order valence-electron chi connectivity index (χ2n) is 3.62. The monoisotopic (exact) mass is 168 g/mol. The lowest BCUT2D eigenvalue weighted by Crippen LogP contribution is -2.32. The normalized spacial score (nSPS) is 30.2. The summed E-state index contributed by atoms with van der Waals surface area (Å²) in [6.07, 6.45) is 2.34. The maximum Gasteiger partial charge on any atom is 0.105 e. The quantitative estimate of drug-likeness (QED) is 0.618. The van der Waals surface area contributed by atoms with Crippen LogP contribution in [0.25, 0.3) is 0 Å². The summed E-state index contributed by atoms with van der Waals surface area (Å²) in [5, 5.41) is 19.1. The largest absolute Gasteiger partial charge is 0.386 e. The summed E-state index contributed by atoms with van der Waals surface area (Å²) in [6, 6.07) is 0. The van der Waals surface area contributed by atoms with Crippen molar-refractivity contribution in [1.29, 1.82) is 0 Å². The van der Waals surface area contributed by atoms with E-state index in [2.05, 4.69) is 0 Å². The molecule has 0 amide bonds. The van der Waals surface area contributed by atoms with Gasteiger partial charge in [0.1, 0.15) is 12.2 Å². The molecule has 0 spiro atoms. The minimum absolute atomic E-state index is 0.291. The van der Waals surface area contributed by atoms with E-state index in [-0.39, 0.29) is 0 Å². The van der Waals surface area contributed by atoms with Gasteiger partial charge < -0.3 is 10.2 Å². The van der Waals surface area contributed by atoms with Gasteiger partial charge in [-0.05, 0) is 24.0 Å². The molecule has 12 heavy (non-hydrogen) atoms. The summed E-state index contributed by atoms with van der Waals surface area (Å²) in [5.41, 5.74) is 1.74. The topological polar surface area (TPSA) is 40.5 Å². The fourth-order valence-electron chi connectivity index (χ4n) is 1.39. The van der Waals surface area contributed by atoms with Crippen molar-refractivity contribution in [3.8, 4) is 0 Å². The molecule has 0 fully saturated rings. The molecular formula is C10H16O2. The smallest absolute Gasteiger partial charge is 0.105 e. The van der Waals surface area contributed by atoms with E-state index in [1.165, 1.54) is 0 Å². The molecule has 2 N–H and O–H groups in total. The van der Waals surface area contributed by atoms with Crippen LogP contribution in [-0.2, 0) is 0 Å². The third-order valence-corrected chi connectivity index (χ3v) is 2.31. The van der Waals surface area contributed by atoms with Crippen LogP contribution in [-0.4, -0.2) is 22.4 Å². The number of hydrogen-bond acceptors (Lipinski definition) is 2. The molecule has 0 bridgehead atoms. The number of aliphatic hydroxyl groups excluding tert-OH is 2. The average molecular weight is 168 g/mol. The summed E-state index contributed by atoms with van der Waals surface area (Å²) in [7, 11) is 0. The van der Waals surface area contributed by atoms with Gasteiger partial charge in [-0.15, -0.1) is 0 Å². The molecule has 1 aliphatic rings. The molecular weight excluding hydrogens is 152 g/mol. The number of hydrogen-bond donors (Lipinski definition) is 2. The molecule has 0 saturated carbocycles. The van der Waals surface area contributed by atoms with E-state index in [1.54, 1.807) is 0 Å². The van der Waals surface area contributed by atoms with Gasteiger partial charge in [-0.3, -0.25) is 0 Å². The zero-order valence-corrected chi connectivity index (χ0v) is 7.78. The molecule has 1 aliphatic carbocycles. The number of aliphatic hydroxyl groups is 2. The first-order valence-corrected chi connectivity index (χ1v) is 4.28. The Morgan fingerprint density at radius 3 is 2.25 bits per heavy atom. The van der Waals surface area contributed by atoms with Gasteiger partial charge in [-0.25, -0.2) is 0 Å². The Bertz CT molecular complexity index is 226. The van der Waals surface area contributed by atoms with Crippen molar-refractivity contribution in [3.05, 3.63) is 23.3 Å². The third kappa shape index (κ3) is 1.59. The van der Waals surface area contributed by atoms with Crippen LogP contribution >= 0.6 is 0 Å². The van der Waals surface area contributed by atoms with Gasteiger partial charge in [-0.2, -0.15) is 0 Å². The summed E-state index contributed by atoms with van der Waals surface area (Å²) >= 11 is 0. The minimum Gasteiger partial charge on any atom is -0.386 e. The van der Waals surface area contributed by atoms with E-state index in [0.29, 0.717) is 5.92 Å². The molecule has 0 aromatic carbocycles. The fourth-order valence-corrected chi connectivity index (χ4v) is 1.39. The highest BCUT2D eigenvalue weighted by Crippen LogP contribution is 2.24. The standard InChI is InChI=1S/C10H16O2/c1-6(2)8-5-4-7(3)9(11)10(8)12/h4-6,9-12H,1-3H3/t9-,10+/m1/s1. The van der Waals surface area contributed by atoms with Gasteiger partial charge in [0.2, 0.25) is 0 Å². The third-order valence-electron chi connectivity index (χ3n) is 2.31. The molecule has 0 saturated heterocycles. The van der Waals surface area contributed by atoms with E-state index in [1.807, 2.05) is 32.9 Å². The highest BCUT2D eigenvalue weighted by Gasteiger charge is 2.25. The van der Waals surface area contributed by atoms with Crippen molar-refractivity contribution in [1.82, 2.24) is 0 Å². The van der Waals surface area contributed by atoms with Crippen molar-refractivity contribution >= 4 is 0 Å². The van der Waals surface area contributed by atoms with E-state index in [0.717, 1.165) is 11.1 Å². The Labute approximate surface area is 73.2 Å². The second-order valence-corrected chi connectivity index (χ2v) is 3.62. The van der Waals surface area contributed by atoms with Crippen molar-refractivity contribution in [2.24, 2.45) is 5.92 Å². The first-order chi connectivity index (χ1) is 5.54. The van der Waals surface area contributed by atoms with Crippen LogP contribution in [0.2, 0.25) is 0 Å². The molecule has 0 unspecified atom stereocenters. The van der Waals surface area contributed by atoms with Crippen LogP contribution < -0.4 is 0 Å². The first-order valence-electron chi connectivity index (χ1n) is 4.28. The predicted molar refractivity (Wildman–Crippen MR) is 48.7 cm³/mol. The van der Waals surface area contributed by atoms with E-state index in [4.69, 9.17) is 0 Å². The van der Waals surface area contributed by atoms with Gasteiger partial charge in [0.15, 0.2) is 0 Å². The molecule has 68 valence electrons. The Hall–Kier alpha value is -0.600. The summed E-state index contributed by atoms with van der Waals surface area (Å²) in [5.74, 6) is 0.291. The van der Waals surface area contributed by atoms with Crippen LogP contribution in [0, 0.1) is 5.92 Å². The highest BCUT2D eigenvalue weighted by molar-refractivity contribution is 5.31. The van der Waals surface area contributed by atoms with Crippen LogP contribution in [0.5, 0.6) is 0 Å². The van der Waals surface area contributed by atoms with Crippen LogP contribution in [0.4, 0.5) is 0 Å². The summed E-state index contributed by atoms with van der Waals surface area (Å²) < 4.78 is 0. The zero-order valence-electron chi connectivity index (χ0n) is 7.78. The van der Waals surface area contributed by atoms with E-state index < -0.39 is 12.2 Å². The lowest BCUT2D eigenvalue weighted by atomic mass is 9.87. The predicted octanol–water partition coefficient (Wildman–Crippen LogP) is 1.25. The number of allylic oxidation sites excluding steroid dienone is 2. The highest BCUT2D eigenvalue weighted by atomic mass is 16.3. The van der Waals surface area contributed by atoms with Crippen LogP contribution in [0.1, 0.15) is 20.8 Å². The number of rotatable bonds is 1. The zero-order chi connectivity index (χ0) is 9.30. The minimum atomic E-state index is -0.715. The van der Waals surface area contributed by atoms with Crippen molar-refractivity contribution in [2.75, 3.05) is 0 Å². The molecule has 2 atom stereocenters. The van der Waals surface area contributed by atoms with Gasteiger partial charge in [0.05, 0.1) is 0 Å². The van der Waals surface area contributed by atoms with Gasteiger partial charge in [-0.1, -0.05) is 26.0 Å². The molecule has 0 aliphatic heterocycles. The molecule has 1 rings (SSSR count). The Kier molecular flexibility index (Phi) is 2.70. The van der Waals surface area contributed by atoms with Crippen molar-refractivity contribution in [2.45, 2.75) is 33.0 Å². The average Bonchev–Trinajstić information content (AvgIpc) is 2.00. The second kappa shape index (κ2) is 3.42. The van der Waals surface area contributed by atoms with Crippen LogP contribution in [0.15, 0.2) is 23.3 Å². The van der Waals surface area contributed by atoms with E-state index in [9.17, 15) is 10.2 Å². The van der Waals surface area contributed by atoms with Gasteiger partial charge in [0.25, 0.3) is 0 Å². The Morgan fingerprint density at radius 2 is 1.75 bits per heavy atom.